The van der Waals surface area contributed by atoms with E-state index in [0.717, 1.165) is 22.6 Å². The summed E-state index contributed by atoms with van der Waals surface area (Å²) in [6.07, 6.45) is 0. The second-order valence-corrected chi connectivity index (χ2v) is 5.35. The second-order valence-electron chi connectivity index (χ2n) is 5.35. The van der Waals surface area contributed by atoms with E-state index in [0.29, 0.717) is 17.1 Å². The minimum atomic E-state index is -0.252. The molecule has 3 aromatic rings. The molecule has 5 nitrogen and oxygen atoms in total. The van der Waals surface area contributed by atoms with Crippen molar-refractivity contribution < 1.29 is 9.21 Å². The summed E-state index contributed by atoms with van der Waals surface area (Å²) in [5.74, 6) is 1.22. The Kier molecular flexibility index (Phi) is 3.55. The summed E-state index contributed by atoms with van der Waals surface area (Å²) in [4.78, 5) is 12.3. The Labute approximate surface area is 128 Å². The molecule has 0 unspecified atom stereocenters. The molecule has 1 amide bonds. The maximum Gasteiger partial charge on any atom is 0.276 e. The molecule has 2 N–H and O–H groups in total. The number of aromatic amines is 1. The molecular formula is C17H17N3O2. The van der Waals surface area contributed by atoms with Crippen LogP contribution < -0.4 is 5.32 Å². The number of aromatic nitrogens is 2. The minimum Gasteiger partial charge on any atom is -0.460 e. The summed E-state index contributed by atoms with van der Waals surface area (Å²) < 4.78 is 5.51. The zero-order valence-corrected chi connectivity index (χ0v) is 12.7. The van der Waals surface area contributed by atoms with Gasteiger partial charge in [-0.1, -0.05) is 17.7 Å². The van der Waals surface area contributed by atoms with Gasteiger partial charge in [0.15, 0.2) is 11.5 Å². The fraction of sp³-hybridized carbons (Fsp3) is 0.176. The molecule has 0 radical (unpaired) electrons. The molecule has 1 aromatic carbocycles. The lowest BCUT2D eigenvalue weighted by Gasteiger charge is -2.07. The maximum atomic E-state index is 12.3. The first-order chi connectivity index (χ1) is 10.5. The molecule has 2 heterocycles. The van der Waals surface area contributed by atoms with E-state index in [1.165, 1.54) is 0 Å². The van der Waals surface area contributed by atoms with Crippen LogP contribution in [0.25, 0.3) is 11.5 Å². The van der Waals surface area contributed by atoms with Crippen LogP contribution in [-0.4, -0.2) is 16.1 Å². The van der Waals surface area contributed by atoms with Gasteiger partial charge < -0.3 is 9.73 Å². The summed E-state index contributed by atoms with van der Waals surface area (Å²) in [6, 6.07) is 11.3. The number of nitrogens with one attached hydrogen (secondary N) is 2. The van der Waals surface area contributed by atoms with E-state index in [2.05, 4.69) is 15.5 Å². The number of hydrogen-bond donors (Lipinski definition) is 2. The third-order valence-corrected chi connectivity index (χ3v) is 3.45. The molecule has 0 spiro atoms. The predicted molar refractivity (Wildman–Crippen MR) is 84.9 cm³/mol. The minimum absolute atomic E-state index is 0.252. The molecule has 0 aliphatic heterocycles. The van der Waals surface area contributed by atoms with Gasteiger partial charge in [-0.3, -0.25) is 9.89 Å². The Morgan fingerprint density at radius 1 is 1.14 bits per heavy atom. The Morgan fingerprint density at radius 2 is 1.95 bits per heavy atom. The highest BCUT2D eigenvalue weighted by Gasteiger charge is 2.14. The van der Waals surface area contributed by atoms with E-state index < -0.39 is 0 Å². The van der Waals surface area contributed by atoms with E-state index in [-0.39, 0.29) is 5.91 Å². The van der Waals surface area contributed by atoms with Gasteiger partial charge in [-0.15, -0.1) is 0 Å². The number of aryl methyl sites for hydroxylation is 3. The van der Waals surface area contributed by atoms with Crippen LogP contribution in [0.2, 0.25) is 0 Å². The van der Waals surface area contributed by atoms with Gasteiger partial charge in [0.2, 0.25) is 0 Å². The third kappa shape index (κ3) is 2.79. The van der Waals surface area contributed by atoms with Crippen molar-refractivity contribution in [2.45, 2.75) is 20.8 Å². The lowest BCUT2D eigenvalue weighted by atomic mass is 10.1. The van der Waals surface area contributed by atoms with Crippen molar-refractivity contribution in [3.63, 3.8) is 0 Å². The monoisotopic (exact) mass is 295 g/mol. The average molecular weight is 295 g/mol. The normalized spacial score (nSPS) is 10.7. The number of rotatable bonds is 3. The van der Waals surface area contributed by atoms with Crippen molar-refractivity contribution in [2.24, 2.45) is 0 Å². The van der Waals surface area contributed by atoms with Crippen LogP contribution in [0.1, 0.15) is 27.4 Å². The molecule has 0 aliphatic carbocycles. The highest BCUT2D eigenvalue weighted by molar-refractivity contribution is 6.03. The summed E-state index contributed by atoms with van der Waals surface area (Å²) in [5, 5.41) is 9.74. The largest absolute Gasteiger partial charge is 0.460 e. The van der Waals surface area contributed by atoms with Crippen molar-refractivity contribution in [3.8, 4) is 11.5 Å². The molecule has 0 fully saturated rings. The fourth-order valence-corrected chi connectivity index (χ4v) is 2.28. The van der Waals surface area contributed by atoms with Crippen LogP contribution in [-0.2, 0) is 0 Å². The molecule has 0 aliphatic rings. The van der Waals surface area contributed by atoms with E-state index in [9.17, 15) is 4.79 Å². The molecular weight excluding hydrogens is 278 g/mol. The molecule has 0 saturated carbocycles. The molecule has 2 aromatic heterocycles. The average Bonchev–Trinajstić information content (AvgIpc) is 3.10. The Bertz CT molecular complexity index is 830. The van der Waals surface area contributed by atoms with Crippen molar-refractivity contribution in [1.82, 2.24) is 10.2 Å². The summed E-state index contributed by atoms with van der Waals surface area (Å²) in [6.45, 7) is 5.85. The van der Waals surface area contributed by atoms with Gasteiger partial charge in [0.25, 0.3) is 5.91 Å². The van der Waals surface area contributed by atoms with Crippen molar-refractivity contribution in [1.29, 1.82) is 0 Å². The highest BCUT2D eigenvalue weighted by Crippen LogP contribution is 2.21. The number of nitrogens with zero attached hydrogens (tertiary/aromatic N) is 1. The van der Waals surface area contributed by atoms with Crippen LogP contribution >= 0.6 is 0 Å². The van der Waals surface area contributed by atoms with Gasteiger partial charge in [-0.2, -0.15) is 5.10 Å². The van der Waals surface area contributed by atoms with Gasteiger partial charge in [0, 0.05) is 11.8 Å². The Morgan fingerprint density at radius 3 is 2.64 bits per heavy atom. The van der Waals surface area contributed by atoms with E-state index in [1.54, 1.807) is 6.07 Å². The Hall–Kier alpha value is -2.82. The first-order valence-electron chi connectivity index (χ1n) is 7.04. The summed E-state index contributed by atoms with van der Waals surface area (Å²) in [5.41, 5.74) is 3.97. The number of carbonyl (C=O) groups excluding carboxylic acids is 1. The zero-order chi connectivity index (χ0) is 15.7. The number of hydrogen-bond acceptors (Lipinski definition) is 3. The van der Waals surface area contributed by atoms with Gasteiger partial charge in [-0.05, 0) is 44.5 Å². The first-order valence-corrected chi connectivity index (χ1v) is 7.04. The number of amides is 1. The highest BCUT2D eigenvalue weighted by atomic mass is 16.3. The molecule has 22 heavy (non-hydrogen) atoms. The standard InChI is InChI=1S/C17H17N3O2/c1-10-4-6-13(11(2)8-10)18-17(21)15-9-14(19-20-15)16-7-5-12(3)22-16/h4-9H,1-3H3,(H,18,21)(H,19,20). The summed E-state index contributed by atoms with van der Waals surface area (Å²) >= 11 is 0. The molecule has 112 valence electrons. The van der Waals surface area contributed by atoms with Crippen LogP contribution in [0.15, 0.2) is 40.8 Å². The number of benzene rings is 1. The smallest absolute Gasteiger partial charge is 0.276 e. The van der Waals surface area contributed by atoms with E-state index in [4.69, 9.17) is 4.42 Å². The number of H-pyrrole nitrogens is 1. The quantitative estimate of drug-likeness (QED) is 0.771. The molecule has 0 saturated heterocycles. The van der Waals surface area contributed by atoms with E-state index in [1.807, 2.05) is 51.1 Å². The summed E-state index contributed by atoms with van der Waals surface area (Å²) in [7, 11) is 0. The van der Waals surface area contributed by atoms with Crippen molar-refractivity contribution >= 4 is 11.6 Å². The zero-order valence-electron chi connectivity index (χ0n) is 12.7. The number of anilines is 1. The third-order valence-electron chi connectivity index (χ3n) is 3.45. The van der Waals surface area contributed by atoms with Crippen molar-refractivity contribution in [3.05, 3.63) is 59.0 Å². The van der Waals surface area contributed by atoms with Gasteiger partial charge >= 0.3 is 0 Å². The van der Waals surface area contributed by atoms with Crippen LogP contribution in [0.3, 0.4) is 0 Å². The number of furan rings is 1. The Balaban J connectivity index is 1.79. The molecule has 0 atom stereocenters. The van der Waals surface area contributed by atoms with Gasteiger partial charge in [0.1, 0.15) is 11.5 Å². The van der Waals surface area contributed by atoms with Gasteiger partial charge in [-0.25, -0.2) is 0 Å². The topological polar surface area (TPSA) is 70.9 Å². The lowest BCUT2D eigenvalue weighted by molar-refractivity contribution is 0.102. The lowest BCUT2D eigenvalue weighted by Crippen LogP contribution is -2.13. The van der Waals surface area contributed by atoms with Gasteiger partial charge in [0.05, 0.1) is 0 Å². The maximum absolute atomic E-state index is 12.3. The first kappa shape index (κ1) is 14.1. The van der Waals surface area contributed by atoms with Crippen LogP contribution in [0.5, 0.6) is 0 Å². The van der Waals surface area contributed by atoms with Crippen molar-refractivity contribution in [2.75, 3.05) is 5.32 Å². The number of carbonyl (C=O) groups is 1. The predicted octanol–water partition coefficient (Wildman–Crippen LogP) is 3.85. The molecule has 5 heteroatoms. The van der Waals surface area contributed by atoms with Crippen LogP contribution in [0.4, 0.5) is 5.69 Å². The SMILES string of the molecule is Cc1ccc(NC(=O)c2cc(-c3ccc(C)o3)[nH]n2)c(C)c1. The molecule has 0 bridgehead atoms. The van der Waals surface area contributed by atoms with Crippen LogP contribution in [0, 0.1) is 20.8 Å². The molecule has 3 rings (SSSR count). The fourth-order valence-electron chi connectivity index (χ4n) is 2.28. The second kappa shape index (κ2) is 5.52. The van der Waals surface area contributed by atoms with E-state index >= 15 is 0 Å².